The highest BCUT2D eigenvalue weighted by Crippen LogP contribution is 2.34. The zero-order valence-electron chi connectivity index (χ0n) is 17.9. The first-order chi connectivity index (χ1) is 14.5. The lowest BCUT2D eigenvalue weighted by atomic mass is 9.98. The van der Waals surface area contributed by atoms with E-state index >= 15 is 0 Å². The van der Waals surface area contributed by atoms with Gasteiger partial charge in [-0.15, -0.1) is 0 Å². The molecule has 0 unspecified atom stereocenters. The number of rotatable bonds is 9. The number of nitrogens with two attached hydrogens (primary N) is 1. The Labute approximate surface area is 177 Å². The Kier molecular flexibility index (Phi) is 7.65. The smallest absolute Gasteiger partial charge is 0.305 e. The molecule has 1 amide bonds. The normalized spacial score (nSPS) is 14.6. The van der Waals surface area contributed by atoms with Crippen molar-refractivity contribution in [3.05, 3.63) is 47.3 Å². The van der Waals surface area contributed by atoms with Crippen molar-refractivity contribution in [2.75, 3.05) is 40.0 Å². The highest BCUT2D eigenvalue weighted by atomic mass is 16.5. The van der Waals surface area contributed by atoms with Crippen molar-refractivity contribution in [2.45, 2.75) is 32.7 Å². The van der Waals surface area contributed by atoms with Crippen molar-refractivity contribution >= 4 is 11.9 Å². The van der Waals surface area contributed by atoms with Crippen LogP contribution in [0.15, 0.2) is 30.3 Å². The number of aromatic nitrogens is 1. The van der Waals surface area contributed by atoms with E-state index in [0.717, 1.165) is 68.3 Å². The average molecular weight is 414 g/mol. The first-order valence-electron chi connectivity index (χ1n) is 10.5. The van der Waals surface area contributed by atoms with Crippen molar-refractivity contribution in [2.24, 2.45) is 5.73 Å². The molecule has 0 aliphatic carbocycles. The predicted octanol–water partition coefficient (Wildman–Crippen LogP) is 2.39. The van der Waals surface area contributed by atoms with Crippen LogP contribution in [0.4, 0.5) is 0 Å². The van der Waals surface area contributed by atoms with E-state index in [1.165, 1.54) is 7.11 Å². The Bertz CT molecular complexity index is 870. The van der Waals surface area contributed by atoms with Gasteiger partial charge in [-0.3, -0.25) is 14.5 Å². The summed E-state index contributed by atoms with van der Waals surface area (Å²) in [6, 6.07) is 9.76. The van der Waals surface area contributed by atoms with E-state index < -0.39 is 5.91 Å². The molecule has 2 aromatic rings. The van der Waals surface area contributed by atoms with Gasteiger partial charge in [0.15, 0.2) is 0 Å². The van der Waals surface area contributed by atoms with Gasteiger partial charge in [0.1, 0.15) is 0 Å². The van der Waals surface area contributed by atoms with Crippen LogP contribution in [0.25, 0.3) is 11.1 Å². The number of methoxy groups -OCH3 is 1. The lowest BCUT2D eigenvalue weighted by Gasteiger charge is -2.26. The molecule has 1 aromatic carbocycles. The number of hydrogen-bond donors (Lipinski definition) is 1. The summed E-state index contributed by atoms with van der Waals surface area (Å²) in [5.74, 6) is -0.717. The second-order valence-corrected chi connectivity index (χ2v) is 7.55. The number of carbonyl (C=O) groups is 2. The molecule has 0 radical (unpaired) electrons. The number of hydrogen-bond acceptors (Lipinski definition) is 5. The largest absolute Gasteiger partial charge is 0.469 e. The van der Waals surface area contributed by atoms with Crippen LogP contribution >= 0.6 is 0 Å². The number of amides is 1. The summed E-state index contributed by atoms with van der Waals surface area (Å²) in [6.45, 7) is 7.09. The quantitative estimate of drug-likeness (QED) is 0.638. The zero-order valence-corrected chi connectivity index (χ0v) is 17.9. The molecule has 162 valence electrons. The number of esters is 1. The lowest BCUT2D eigenvalue weighted by molar-refractivity contribution is -0.140. The number of primary amides is 1. The summed E-state index contributed by atoms with van der Waals surface area (Å²) in [5, 5.41) is 0. The maximum absolute atomic E-state index is 12.4. The van der Waals surface area contributed by atoms with Gasteiger partial charge in [0, 0.05) is 43.1 Å². The van der Waals surface area contributed by atoms with Crippen molar-refractivity contribution < 1.29 is 19.1 Å². The van der Waals surface area contributed by atoms with Crippen molar-refractivity contribution in [1.29, 1.82) is 0 Å². The third kappa shape index (κ3) is 5.09. The fourth-order valence-corrected chi connectivity index (χ4v) is 4.18. The molecule has 1 aliphatic heterocycles. The van der Waals surface area contributed by atoms with Crippen LogP contribution in [0, 0.1) is 6.92 Å². The molecular formula is C23H31N3O4. The molecule has 2 heterocycles. The van der Waals surface area contributed by atoms with Gasteiger partial charge < -0.3 is 19.8 Å². The minimum absolute atomic E-state index is 0.251. The molecular weight excluding hydrogens is 382 g/mol. The maximum Gasteiger partial charge on any atom is 0.305 e. The third-order valence-corrected chi connectivity index (χ3v) is 5.69. The molecule has 7 nitrogen and oxygen atoms in total. The summed E-state index contributed by atoms with van der Waals surface area (Å²) in [6.07, 6.45) is 1.68. The van der Waals surface area contributed by atoms with Crippen molar-refractivity contribution in [3.63, 3.8) is 0 Å². The van der Waals surface area contributed by atoms with Gasteiger partial charge in [0.05, 0.1) is 32.3 Å². The third-order valence-electron chi connectivity index (χ3n) is 5.69. The van der Waals surface area contributed by atoms with E-state index in [2.05, 4.69) is 9.47 Å². The van der Waals surface area contributed by atoms with Gasteiger partial charge in [0.2, 0.25) is 0 Å². The van der Waals surface area contributed by atoms with E-state index in [1.807, 2.05) is 37.3 Å². The molecule has 1 aromatic heterocycles. The minimum Gasteiger partial charge on any atom is -0.469 e. The van der Waals surface area contributed by atoms with E-state index in [1.54, 1.807) is 0 Å². The van der Waals surface area contributed by atoms with Crippen LogP contribution in [-0.2, 0) is 27.2 Å². The van der Waals surface area contributed by atoms with Gasteiger partial charge in [-0.05, 0) is 25.3 Å². The number of ether oxygens (including phenoxy) is 2. The van der Waals surface area contributed by atoms with Crippen LogP contribution < -0.4 is 5.73 Å². The first kappa shape index (κ1) is 22.1. The molecule has 1 fully saturated rings. The van der Waals surface area contributed by atoms with E-state index in [-0.39, 0.29) is 12.4 Å². The summed E-state index contributed by atoms with van der Waals surface area (Å²) in [5.41, 5.74) is 9.90. The minimum atomic E-state index is -0.447. The molecule has 1 saturated heterocycles. The molecule has 2 N–H and O–H groups in total. The Balaban J connectivity index is 1.94. The summed E-state index contributed by atoms with van der Waals surface area (Å²) >= 11 is 0. The van der Waals surface area contributed by atoms with Crippen LogP contribution in [0.5, 0.6) is 0 Å². The maximum atomic E-state index is 12.4. The second kappa shape index (κ2) is 10.4. The molecule has 3 rings (SSSR count). The standard InChI is InChI=1S/C23H31N3O4/c1-17-21(23(24)28)22(18-7-4-3-5-8-18)19(9-10-20(27)29-2)26(17)12-6-11-25-13-15-30-16-14-25/h3-5,7-8H,6,9-16H2,1-2H3,(H2,24,28). The fraction of sp³-hybridized carbons (Fsp3) is 0.478. The van der Waals surface area contributed by atoms with Gasteiger partial charge in [-0.1, -0.05) is 30.3 Å². The summed E-state index contributed by atoms with van der Waals surface area (Å²) in [4.78, 5) is 26.6. The second-order valence-electron chi connectivity index (χ2n) is 7.55. The summed E-state index contributed by atoms with van der Waals surface area (Å²) in [7, 11) is 1.39. The van der Waals surface area contributed by atoms with Crippen LogP contribution in [-0.4, -0.2) is 61.3 Å². The summed E-state index contributed by atoms with van der Waals surface area (Å²) < 4.78 is 12.4. The lowest BCUT2D eigenvalue weighted by Crippen LogP contribution is -2.37. The SMILES string of the molecule is COC(=O)CCc1c(-c2ccccc2)c(C(N)=O)c(C)n1CCCN1CCOCC1. The molecule has 1 aliphatic rings. The fourth-order valence-electron chi connectivity index (χ4n) is 4.18. The van der Waals surface area contributed by atoms with Crippen LogP contribution in [0.1, 0.15) is 34.6 Å². The Morgan fingerprint density at radius 3 is 2.47 bits per heavy atom. The van der Waals surface area contributed by atoms with Crippen LogP contribution in [0.2, 0.25) is 0 Å². The molecule has 30 heavy (non-hydrogen) atoms. The molecule has 0 atom stereocenters. The Hall–Kier alpha value is -2.64. The van der Waals surface area contributed by atoms with E-state index in [9.17, 15) is 9.59 Å². The Morgan fingerprint density at radius 2 is 1.83 bits per heavy atom. The highest BCUT2D eigenvalue weighted by Gasteiger charge is 2.25. The molecule has 0 spiro atoms. The van der Waals surface area contributed by atoms with E-state index in [4.69, 9.17) is 15.2 Å². The average Bonchev–Trinajstić information content (AvgIpc) is 3.05. The van der Waals surface area contributed by atoms with Crippen LogP contribution in [0.3, 0.4) is 0 Å². The monoisotopic (exact) mass is 413 g/mol. The van der Waals surface area contributed by atoms with Gasteiger partial charge in [-0.25, -0.2) is 0 Å². The number of benzene rings is 1. The molecule has 0 bridgehead atoms. The van der Waals surface area contributed by atoms with E-state index in [0.29, 0.717) is 12.0 Å². The highest BCUT2D eigenvalue weighted by molar-refractivity contribution is 6.02. The first-order valence-corrected chi connectivity index (χ1v) is 10.5. The van der Waals surface area contributed by atoms with Gasteiger partial charge >= 0.3 is 5.97 Å². The predicted molar refractivity (Wildman–Crippen MR) is 115 cm³/mol. The molecule has 0 saturated carbocycles. The zero-order chi connectivity index (χ0) is 21.5. The number of nitrogens with zero attached hydrogens (tertiary/aromatic N) is 2. The van der Waals surface area contributed by atoms with Crippen molar-refractivity contribution in [1.82, 2.24) is 9.47 Å². The Morgan fingerprint density at radius 1 is 1.13 bits per heavy atom. The molecule has 7 heteroatoms. The number of morpholine rings is 1. The van der Waals surface area contributed by atoms with Crippen molar-refractivity contribution in [3.8, 4) is 11.1 Å². The topological polar surface area (TPSA) is 86.8 Å². The van der Waals surface area contributed by atoms with Gasteiger partial charge in [0.25, 0.3) is 5.91 Å². The van der Waals surface area contributed by atoms with Gasteiger partial charge in [-0.2, -0.15) is 0 Å². The number of carbonyl (C=O) groups excluding carboxylic acids is 2.